The van der Waals surface area contributed by atoms with E-state index in [1.807, 2.05) is 0 Å². The Morgan fingerprint density at radius 2 is 2.06 bits per heavy atom. The molecule has 6 heteroatoms. The number of aromatic nitrogens is 2. The molecule has 0 aliphatic heterocycles. The fraction of sp³-hybridized carbons (Fsp3) is 0.0833. The highest BCUT2D eigenvalue weighted by Gasteiger charge is 2.13. The molecule has 0 radical (unpaired) electrons. The number of rotatable bonds is 3. The van der Waals surface area contributed by atoms with Crippen molar-refractivity contribution in [2.24, 2.45) is 0 Å². The first-order valence-electron chi connectivity index (χ1n) is 5.06. The first-order valence-corrected chi connectivity index (χ1v) is 5.06. The van der Waals surface area contributed by atoms with E-state index in [4.69, 9.17) is 0 Å². The first-order chi connectivity index (χ1) is 8.58. The average molecular weight is 250 g/mol. The van der Waals surface area contributed by atoms with Gasteiger partial charge in [0, 0.05) is 18.3 Å². The second kappa shape index (κ2) is 4.87. The molecule has 0 fully saturated rings. The summed E-state index contributed by atoms with van der Waals surface area (Å²) in [5.41, 5.74) is -0.673. The molecule has 0 aliphatic carbocycles. The van der Waals surface area contributed by atoms with E-state index in [-0.39, 0.29) is 12.1 Å². The fourth-order valence-corrected chi connectivity index (χ4v) is 1.45. The third-order valence-corrected chi connectivity index (χ3v) is 2.34. The molecule has 18 heavy (non-hydrogen) atoms. The number of hydrogen-bond donors (Lipinski definition) is 0. The maximum Gasteiger partial charge on any atom is 0.253 e. The maximum absolute atomic E-state index is 13.3. The van der Waals surface area contributed by atoms with Crippen molar-refractivity contribution >= 4 is 5.78 Å². The summed E-state index contributed by atoms with van der Waals surface area (Å²) in [7, 11) is 0. The number of carbonyl (C=O) groups is 1. The number of Topliss-reactive ketones (excluding diaryl/α,β-unsaturated/α-hetero) is 1. The van der Waals surface area contributed by atoms with E-state index in [2.05, 4.69) is 4.98 Å². The Morgan fingerprint density at radius 1 is 1.28 bits per heavy atom. The van der Waals surface area contributed by atoms with Gasteiger partial charge in [-0.3, -0.25) is 14.2 Å². The van der Waals surface area contributed by atoms with Crippen LogP contribution in [-0.2, 0) is 6.54 Å². The van der Waals surface area contributed by atoms with Gasteiger partial charge >= 0.3 is 0 Å². The zero-order valence-corrected chi connectivity index (χ0v) is 9.14. The van der Waals surface area contributed by atoms with Gasteiger partial charge in [0.1, 0.15) is 11.6 Å². The van der Waals surface area contributed by atoms with Crippen LogP contribution in [0.2, 0.25) is 0 Å². The highest BCUT2D eigenvalue weighted by Crippen LogP contribution is 2.10. The van der Waals surface area contributed by atoms with Crippen LogP contribution in [0.3, 0.4) is 0 Å². The monoisotopic (exact) mass is 250 g/mol. The minimum atomic E-state index is -0.947. The summed E-state index contributed by atoms with van der Waals surface area (Å²) in [5.74, 6) is -2.33. The van der Waals surface area contributed by atoms with Gasteiger partial charge in [-0.05, 0) is 12.1 Å². The Hall–Kier alpha value is -2.37. The largest absolute Gasteiger partial charge is 0.292 e. The minimum Gasteiger partial charge on any atom is -0.292 e. The second-order valence-electron chi connectivity index (χ2n) is 3.59. The van der Waals surface area contributed by atoms with Crippen LogP contribution < -0.4 is 5.56 Å². The molecule has 0 unspecified atom stereocenters. The summed E-state index contributed by atoms with van der Waals surface area (Å²) < 4.78 is 27.1. The Morgan fingerprint density at radius 3 is 2.72 bits per heavy atom. The third-order valence-electron chi connectivity index (χ3n) is 2.34. The third kappa shape index (κ3) is 2.48. The Labute approximate surface area is 101 Å². The molecule has 0 saturated carbocycles. The summed E-state index contributed by atoms with van der Waals surface area (Å²) in [6.07, 6.45) is 2.48. The van der Waals surface area contributed by atoms with Gasteiger partial charge in [-0.15, -0.1) is 0 Å². The normalized spacial score (nSPS) is 10.3. The van der Waals surface area contributed by atoms with Crippen LogP contribution in [0.4, 0.5) is 8.78 Å². The summed E-state index contributed by atoms with van der Waals surface area (Å²) in [4.78, 5) is 26.8. The molecule has 2 rings (SSSR count). The SMILES string of the molecule is O=C(Cn1cnccc1=O)c1ccc(F)cc1F. The van der Waals surface area contributed by atoms with Crippen molar-refractivity contribution in [3.05, 3.63) is 64.3 Å². The molecule has 0 spiro atoms. The van der Waals surface area contributed by atoms with Gasteiger partial charge in [0.25, 0.3) is 5.56 Å². The second-order valence-corrected chi connectivity index (χ2v) is 3.59. The lowest BCUT2D eigenvalue weighted by Crippen LogP contribution is -2.23. The van der Waals surface area contributed by atoms with Gasteiger partial charge in [-0.2, -0.15) is 0 Å². The molecule has 2 aromatic rings. The van der Waals surface area contributed by atoms with Gasteiger partial charge in [-0.25, -0.2) is 13.8 Å². The zero-order valence-electron chi connectivity index (χ0n) is 9.14. The Balaban J connectivity index is 2.28. The Kier molecular flexibility index (Phi) is 3.27. The summed E-state index contributed by atoms with van der Waals surface area (Å²) >= 11 is 0. The van der Waals surface area contributed by atoms with Crippen molar-refractivity contribution in [1.29, 1.82) is 0 Å². The molecule has 0 amide bonds. The van der Waals surface area contributed by atoms with E-state index < -0.39 is 23.0 Å². The van der Waals surface area contributed by atoms with Crippen LogP contribution >= 0.6 is 0 Å². The molecular formula is C12H8F2N2O2. The molecule has 1 aromatic carbocycles. The lowest BCUT2D eigenvalue weighted by molar-refractivity contribution is 0.0966. The van der Waals surface area contributed by atoms with Crippen molar-refractivity contribution in [2.45, 2.75) is 6.54 Å². The van der Waals surface area contributed by atoms with Crippen LogP contribution in [0.1, 0.15) is 10.4 Å². The standard InChI is InChI=1S/C12H8F2N2O2/c13-8-1-2-9(10(14)5-8)11(17)6-16-7-15-4-3-12(16)18/h1-5,7H,6H2. The molecule has 0 bridgehead atoms. The van der Waals surface area contributed by atoms with Crippen molar-refractivity contribution in [3.63, 3.8) is 0 Å². The number of ketones is 1. The van der Waals surface area contributed by atoms with Crippen LogP contribution in [0, 0.1) is 11.6 Å². The van der Waals surface area contributed by atoms with Crippen LogP contribution in [0.25, 0.3) is 0 Å². The average Bonchev–Trinajstić information content (AvgIpc) is 2.32. The van der Waals surface area contributed by atoms with Crippen LogP contribution in [0.5, 0.6) is 0 Å². The molecule has 0 atom stereocenters. The van der Waals surface area contributed by atoms with E-state index in [9.17, 15) is 18.4 Å². The van der Waals surface area contributed by atoms with Crippen molar-refractivity contribution in [3.8, 4) is 0 Å². The van der Waals surface area contributed by atoms with E-state index in [1.54, 1.807) is 0 Å². The Bertz CT molecular complexity index is 653. The number of benzene rings is 1. The van der Waals surface area contributed by atoms with Gasteiger partial charge in [0.15, 0.2) is 5.78 Å². The van der Waals surface area contributed by atoms with Gasteiger partial charge < -0.3 is 0 Å². The lowest BCUT2D eigenvalue weighted by Gasteiger charge is -2.04. The topological polar surface area (TPSA) is 52.0 Å². The molecule has 1 aromatic heterocycles. The van der Waals surface area contributed by atoms with Crippen molar-refractivity contribution < 1.29 is 13.6 Å². The maximum atomic E-state index is 13.3. The predicted octanol–water partition coefficient (Wildman–Crippen LogP) is 1.40. The van der Waals surface area contributed by atoms with Crippen LogP contribution in [0.15, 0.2) is 41.6 Å². The van der Waals surface area contributed by atoms with Gasteiger partial charge in [-0.1, -0.05) is 0 Å². The molecular weight excluding hydrogens is 242 g/mol. The van der Waals surface area contributed by atoms with E-state index in [1.165, 1.54) is 18.6 Å². The first kappa shape index (κ1) is 12.1. The summed E-state index contributed by atoms with van der Waals surface area (Å²) in [5, 5.41) is 0. The number of nitrogens with zero attached hydrogens (tertiary/aromatic N) is 2. The summed E-state index contributed by atoms with van der Waals surface area (Å²) in [6, 6.07) is 3.85. The van der Waals surface area contributed by atoms with E-state index >= 15 is 0 Å². The smallest absolute Gasteiger partial charge is 0.253 e. The van der Waals surface area contributed by atoms with Crippen molar-refractivity contribution in [1.82, 2.24) is 9.55 Å². The minimum absolute atomic E-state index is 0.257. The molecule has 0 N–H and O–H groups in total. The summed E-state index contributed by atoms with van der Waals surface area (Å²) in [6.45, 7) is -0.338. The fourth-order valence-electron chi connectivity index (χ4n) is 1.45. The molecule has 4 nitrogen and oxygen atoms in total. The predicted molar refractivity (Wildman–Crippen MR) is 59.2 cm³/mol. The molecule has 1 heterocycles. The molecule has 0 aliphatic rings. The quantitative estimate of drug-likeness (QED) is 0.774. The molecule has 92 valence electrons. The molecule has 0 saturated heterocycles. The van der Waals surface area contributed by atoms with Crippen LogP contribution in [-0.4, -0.2) is 15.3 Å². The zero-order chi connectivity index (χ0) is 13.1. The van der Waals surface area contributed by atoms with Crippen molar-refractivity contribution in [2.75, 3.05) is 0 Å². The highest BCUT2D eigenvalue weighted by atomic mass is 19.1. The lowest BCUT2D eigenvalue weighted by atomic mass is 10.1. The number of carbonyl (C=O) groups excluding carboxylic acids is 1. The van der Waals surface area contributed by atoms with E-state index in [0.29, 0.717) is 6.07 Å². The number of hydrogen-bond acceptors (Lipinski definition) is 3. The highest BCUT2D eigenvalue weighted by molar-refractivity contribution is 5.96. The van der Waals surface area contributed by atoms with E-state index in [0.717, 1.165) is 16.7 Å². The van der Waals surface area contributed by atoms with Gasteiger partial charge in [0.05, 0.1) is 18.4 Å². The number of halogens is 2. The van der Waals surface area contributed by atoms with Gasteiger partial charge in [0.2, 0.25) is 0 Å².